The number of carbonyl (C=O) groups excluding carboxylic acids is 2. The third-order valence-corrected chi connectivity index (χ3v) is 8.45. The van der Waals surface area contributed by atoms with Crippen molar-refractivity contribution >= 4 is 23.5 Å². The van der Waals surface area contributed by atoms with E-state index in [2.05, 4.69) is 0 Å². The van der Waals surface area contributed by atoms with E-state index in [0.717, 1.165) is 38.5 Å². The van der Waals surface area contributed by atoms with Gasteiger partial charge in [0.2, 0.25) is 0 Å². The molecule has 0 aliphatic heterocycles. The number of hydrogen-bond donors (Lipinski definition) is 0. The second-order valence-corrected chi connectivity index (χ2v) is 12.0. The molecule has 2 aliphatic carbocycles. The summed E-state index contributed by atoms with van der Waals surface area (Å²) in [6.07, 6.45) is 6.29. The van der Waals surface area contributed by atoms with Crippen LogP contribution in [-0.2, 0) is 19.1 Å². The van der Waals surface area contributed by atoms with Crippen molar-refractivity contribution in [3.8, 4) is 11.5 Å². The number of rotatable bonds is 16. The van der Waals surface area contributed by atoms with Crippen molar-refractivity contribution in [3.63, 3.8) is 0 Å². The average Bonchev–Trinajstić information content (AvgIpc) is 2.98. The number of halogens is 3. The molecule has 2 atom stereocenters. The second-order valence-electron chi connectivity index (χ2n) is 11.6. The molecule has 2 saturated carbocycles. The van der Waals surface area contributed by atoms with Crippen LogP contribution in [0.25, 0.3) is 0 Å². The molecular formula is C32H47ClF2O6. The van der Waals surface area contributed by atoms with Gasteiger partial charge < -0.3 is 18.9 Å². The lowest BCUT2D eigenvalue weighted by molar-refractivity contribution is -0.158. The topological polar surface area (TPSA) is 71.1 Å². The molecule has 0 saturated heterocycles. The first kappa shape index (κ1) is 33.4. The summed E-state index contributed by atoms with van der Waals surface area (Å²) in [5.41, 5.74) is 0. The molecule has 0 amide bonds. The monoisotopic (exact) mass is 600 g/mol. The summed E-state index contributed by atoms with van der Waals surface area (Å²) in [7, 11) is 0. The third-order valence-electron chi connectivity index (χ3n) is 8.15. The maximum Gasteiger partial charge on any atom is 0.340 e. The Kier molecular flexibility index (Phi) is 14.5. The molecular weight excluding hydrogens is 554 g/mol. The van der Waals surface area contributed by atoms with Gasteiger partial charge in [0, 0.05) is 6.07 Å². The summed E-state index contributed by atoms with van der Waals surface area (Å²) in [6, 6.07) is 5.41. The lowest BCUT2D eigenvalue weighted by Gasteiger charge is -2.29. The molecule has 3 rings (SSSR count). The second kappa shape index (κ2) is 17.8. The van der Waals surface area contributed by atoms with Gasteiger partial charge >= 0.3 is 11.9 Å². The molecule has 0 radical (unpaired) electrons. The summed E-state index contributed by atoms with van der Waals surface area (Å²) in [4.78, 5) is 23.9. The molecule has 2 unspecified atom stereocenters. The standard InChI is InChI=1S/C32H47ClF2O6/c1-3-5-7-28(34)31(36)40-24-13-9-22(10-14-24)20-38-26-17-18-30(27(33)19-26)39-21-23-11-15-25(16-12-23)41-32(37)29(35)8-6-4-2/h17-19,22-25,28-29H,3-16,20-21H2,1-2H3. The van der Waals surface area contributed by atoms with Gasteiger partial charge in [-0.05, 0) is 88.2 Å². The fourth-order valence-electron chi connectivity index (χ4n) is 5.42. The quantitative estimate of drug-likeness (QED) is 0.178. The SMILES string of the molecule is CCCCC(F)C(=O)OC1CCC(COc2ccc(OCC3CCC(OC(=O)C(F)CCCC)CC3)c(Cl)c2)CC1. The first-order valence-electron chi connectivity index (χ1n) is 15.5. The van der Waals surface area contributed by atoms with Crippen molar-refractivity contribution in [1.82, 2.24) is 0 Å². The van der Waals surface area contributed by atoms with Crippen LogP contribution in [0.2, 0.25) is 5.02 Å². The molecule has 0 spiro atoms. The molecule has 0 heterocycles. The van der Waals surface area contributed by atoms with Crippen LogP contribution in [0.5, 0.6) is 11.5 Å². The summed E-state index contributed by atoms with van der Waals surface area (Å²) in [5, 5.41) is 0.477. The van der Waals surface area contributed by atoms with Gasteiger partial charge in [0.1, 0.15) is 23.7 Å². The van der Waals surface area contributed by atoms with Gasteiger partial charge in [-0.2, -0.15) is 0 Å². The smallest absolute Gasteiger partial charge is 0.340 e. The van der Waals surface area contributed by atoms with E-state index in [1.165, 1.54) is 0 Å². The van der Waals surface area contributed by atoms with Crippen LogP contribution in [0.3, 0.4) is 0 Å². The minimum atomic E-state index is -1.52. The highest BCUT2D eigenvalue weighted by Gasteiger charge is 2.29. The Labute approximate surface area is 248 Å². The van der Waals surface area contributed by atoms with Gasteiger partial charge in [-0.25, -0.2) is 18.4 Å². The minimum absolute atomic E-state index is 0.215. The molecule has 232 valence electrons. The van der Waals surface area contributed by atoms with Crippen LogP contribution in [0.4, 0.5) is 8.78 Å². The Hall–Kier alpha value is -2.09. The Morgan fingerprint density at radius 2 is 1.24 bits per heavy atom. The molecule has 0 N–H and O–H groups in total. The Bertz CT molecular complexity index is 931. The zero-order chi connectivity index (χ0) is 29.6. The van der Waals surface area contributed by atoms with E-state index in [1.807, 2.05) is 26.0 Å². The van der Waals surface area contributed by atoms with Crippen molar-refractivity contribution in [2.24, 2.45) is 11.8 Å². The summed E-state index contributed by atoms with van der Waals surface area (Å²) in [6.45, 7) is 4.98. The van der Waals surface area contributed by atoms with E-state index < -0.39 is 24.3 Å². The number of unbranched alkanes of at least 4 members (excludes halogenated alkanes) is 2. The van der Waals surface area contributed by atoms with Crippen LogP contribution in [-0.4, -0.2) is 49.7 Å². The van der Waals surface area contributed by atoms with E-state index in [9.17, 15) is 18.4 Å². The highest BCUT2D eigenvalue weighted by Crippen LogP contribution is 2.33. The minimum Gasteiger partial charge on any atom is -0.493 e. The Morgan fingerprint density at radius 1 is 0.780 bits per heavy atom. The maximum absolute atomic E-state index is 13.9. The first-order valence-corrected chi connectivity index (χ1v) is 15.9. The fraction of sp³-hybridized carbons (Fsp3) is 0.750. The van der Waals surface area contributed by atoms with E-state index >= 15 is 0 Å². The lowest BCUT2D eigenvalue weighted by Crippen LogP contribution is -2.30. The van der Waals surface area contributed by atoms with E-state index in [1.54, 1.807) is 6.07 Å². The van der Waals surface area contributed by atoms with Crippen LogP contribution in [0.15, 0.2) is 18.2 Å². The predicted molar refractivity (Wildman–Crippen MR) is 155 cm³/mol. The molecule has 0 aromatic heterocycles. The molecule has 1 aromatic rings. The molecule has 2 aliphatic rings. The summed E-state index contributed by atoms with van der Waals surface area (Å²) >= 11 is 6.46. The van der Waals surface area contributed by atoms with Gasteiger partial charge in [0.25, 0.3) is 0 Å². The van der Waals surface area contributed by atoms with Crippen LogP contribution < -0.4 is 9.47 Å². The van der Waals surface area contributed by atoms with Crippen molar-refractivity contribution in [1.29, 1.82) is 0 Å². The van der Waals surface area contributed by atoms with Crippen molar-refractivity contribution in [2.75, 3.05) is 13.2 Å². The Morgan fingerprint density at radius 3 is 1.68 bits per heavy atom. The lowest BCUT2D eigenvalue weighted by atomic mass is 9.88. The number of carbonyl (C=O) groups is 2. The molecule has 1 aromatic carbocycles. The van der Waals surface area contributed by atoms with Gasteiger partial charge in [-0.15, -0.1) is 0 Å². The zero-order valence-electron chi connectivity index (χ0n) is 24.6. The van der Waals surface area contributed by atoms with E-state index in [4.69, 9.17) is 30.5 Å². The number of benzene rings is 1. The van der Waals surface area contributed by atoms with Gasteiger partial charge in [-0.3, -0.25) is 0 Å². The largest absolute Gasteiger partial charge is 0.493 e. The van der Waals surface area contributed by atoms with Crippen molar-refractivity contribution in [3.05, 3.63) is 23.2 Å². The van der Waals surface area contributed by atoms with Gasteiger partial charge in [-0.1, -0.05) is 51.1 Å². The van der Waals surface area contributed by atoms with E-state index in [0.29, 0.717) is 80.1 Å². The van der Waals surface area contributed by atoms with Gasteiger partial charge in [0.15, 0.2) is 12.3 Å². The molecule has 6 nitrogen and oxygen atoms in total. The highest BCUT2D eigenvalue weighted by molar-refractivity contribution is 6.32. The molecule has 41 heavy (non-hydrogen) atoms. The maximum atomic E-state index is 13.9. The number of alkyl halides is 2. The van der Waals surface area contributed by atoms with Crippen LogP contribution >= 0.6 is 11.6 Å². The fourth-order valence-corrected chi connectivity index (χ4v) is 5.65. The van der Waals surface area contributed by atoms with Crippen LogP contribution in [0, 0.1) is 11.8 Å². The summed E-state index contributed by atoms with van der Waals surface area (Å²) in [5.74, 6) is 0.463. The summed E-state index contributed by atoms with van der Waals surface area (Å²) < 4.78 is 50.5. The third kappa shape index (κ3) is 11.6. The first-order chi connectivity index (χ1) is 19.8. The average molecular weight is 601 g/mol. The normalized spacial score (nSPS) is 24.2. The highest BCUT2D eigenvalue weighted by atomic mass is 35.5. The number of hydrogen-bond acceptors (Lipinski definition) is 6. The Balaban J connectivity index is 1.31. The van der Waals surface area contributed by atoms with Crippen LogP contribution in [0.1, 0.15) is 104 Å². The number of ether oxygens (including phenoxy) is 4. The van der Waals surface area contributed by atoms with Crippen molar-refractivity contribution in [2.45, 2.75) is 128 Å². The van der Waals surface area contributed by atoms with Gasteiger partial charge in [0.05, 0.1) is 18.2 Å². The molecule has 0 bridgehead atoms. The predicted octanol–water partition coefficient (Wildman–Crippen LogP) is 8.36. The van der Waals surface area contributed by atoms with Crippen molar-refractivity contribution < 1.29 is 37.3 Å². The molecule has 9 heteroatoms. The number of esters is 2. The molecule has 2 fully saturated rings. The van der Waals surface area contributed by atoms with E-state index in [-0.39, 0.29) is 25.0 Å². The zero-order valence-corrected chi connectivity index (χ0v) is 25.3.